The van der Waals surface area contributed by atoms with E-state index in [1.165, 1.54) is 0 Å². The molecule has 1 aliphatic carbocycles. The van der Waals surface area contributed by atoms with Crippen LogP contribution in [0.15, 0.2) is 35.3 Å². The molecule has 1 saturated carbocycles. The summed E-state index contributed by atoms with van der Waals surface area (Å²) >= 11 is 0. The van der Waals surface area contributed by atoms with Gasteiger partial charge in [-0.25, -0.2) is 4.99 Å². The average molecular weight is 297 g/mol. The van der Waals surface area contributed by atoms with E-state index >= 15 is 0 Å². The summed E-state index contributed by atoms with van der Waals surface area (Å²) < 4.78 is 0. The first-order chi connectivity index (χ1) is 10.5. The Kier molecular flexibility index (Phi) is 4.32. The van der Waals surface area contributed by atoms with Crippen LogP contribution < -0.4 is 10.2 Å². The highest BCUT2D eigenvalue weighted by Gasteiger charge is 2.34. The van der Waals surface area contributed by atoms with E-state index in [1.807, 2.05) is 37.4 Å². The van der Waals surface area contributed by atoms with Crippen LogP contribution in [-0.2, 0) is 0 Å². The standard InChI is InChI=1S/C17H24BN3O/c1-17(18)11-6-9-14-15(10-12-17)20-16(19-14)21(2)22-13-7-4-3-5-8-13/h3-5,7-8,14-15H,6,9-12H2,1-2H3,(H,19,20). The number of hydrogen-bond acceptors (Lipinski definition) is 4. The van der Waals surface area contributed by atoms with Gasteiger partial charge >= 0.3 is 0 Å². The third kappa shape index (κ3) is 3.57. The number of aliphatic imine (C=N–C) groups is 1. The monoisotopic (exact) mass is 297 g/mol. The van der Waals surface area contributed by atoms with Gasteiger partial charge in [-0.15, -0.1) is 0 Å². The van der Waals surface area contributed by atoms with Crippen LogP contribution >= 0.6 is 0 Å². The molecule has 1 fully saturated rings. The van der Waals surface area contributed by atoms with Crippen molar-refractivity contribution in [3.63, 3.8) is 0 Å². The van der Waals surface area contributed by atoms with E-state index < -0.39 is 0 Å². The normalized spacial score (nSPS) is 31.3. The van der Waals surface area contributed by atoms with Gasteiger partial charge in [-0.1, -0.05) is 49.7 Å². The number of guanidine groups is 1. The molecule has 1 aromatic carbocycles. The van der Waals surface area contributed by atoms with Crippen molar-refractivity contribution in [2.45, 2.75) is 56.4 Å². The molecule has 0 bridgehead atoms. The largest absolute Gasteiger partial charge is 0.377 e. The summed E-state index contributed by atoms with van der Waals surface area (Å²) in [5, 5.41) is 5.20. The Morgan fingerprint density at radius 2 is 2.05 bits per heavy atom. The van der Waals surface area contributed by atoms with E-state index in [1.54, 1.807) is 5.06 Å². The summed E-state index contributed by atoms with van der Waals surface area (Å²) in [6, 6.07) is 10.5. The van der Waals surface area contributed by atoms with Crippen LogP contribution in [0, 0.1) is 0 Å². The molecule has 0 aromatic heterocycles. The zero-order valence-corrected chi connectivity index (χ0v) is 13.5. The zero-order valence-electron chi connectivity index (χ0n) is 13.5. The minimum atomic E-state index is -0.0459. The van der Waals surface area contributed by atoms with E-state index in [-0.39, 0.29) is 5.31 Å². The topological polar surface area (TPSA) is 36.9 Å². The Hall–Kier alpha value is -1.65. The van der Waals surface area contributed by atoms with Crippen molar-refractivity contribution < 1.29 is 4.84 Å². The maximum atomic E-state index is 6.32. The molecule has 2 radical (unpaired) electrons. The maximum absolute atomic E-state index is 6.32. The Bertz CT molecular complexity index is 532. The summed E-state index contributed by atoms with van der Waals surface area (Å²) in [7, 11) is 8.22. The molecule has 4 nitrogen and oxygen atoms in total. The fourth-order valence-electron chi connectivity index (χ4n) is 3.26. The molecule has 1 N–H and O–H groups in total. The Morgan fingerprint density at radius 3 is 2.82 bits per heavy atom. The lowest BCUT2D eigenvalue weighted by Crippen LogP contribution is -2.43. The van der Waals surface area contributed by atoms with Crippen molar-refractivity contribution in [2.75, 3.05) is 7.05 Å². The minimum absolute atomic E-state index is 0.0459. The third-order valence-electron chi connectivity index (χ3n) is 4.63. The molecule has 2 aliphatic rings. The Labute approximate surface area is 134 Å². The Balaban J connectivity index is 1.64. The zero-order chi connectivity index (χ0) is 15.6. The van der Waals surface area contributed by atoms with E-state index in [4.69, 9.17) is 17.7 Å². The van der Waals surface area contributed by atoms with Gasteiger partial charge in [-0.3, -0.25) is 0 Å². The predicted octanol–water partition coefficient (Wildman–Crippen LogP) is 2.92. The number of nitrogens with zero attached hydrogens (tertiary/aromatic N) is 2. The van der Waals surface area contributed by atoms with E-state index in [0.717, 1.165) is 43.8 Å². The molecule has 0 saturated heterocycles. The number of para-hydroxylation sites is 1. The Morgan fingerprint density at radius 1 is 1.27 bits per heavy atom. The van der Waals surface area contributed by atoms with Crippen molar-refractivity contribution in [1.82, 2.24) is 10.4 Å². The molecule has 1 aliphatic heterocycles. The molecular weight excluding hydrogens is 273 g/mol. The first kappa shape index (κ1) is 15.3. The fourth-order valence-corrected chi connectivity index (χ4v) is 3.26. The van der Waals surface area contributed by atoms with Crippen LogP contribution in [0.1, 0.15) is 39.0 Å². The molecule has 5 heteroatoms. The van der Waals surface area contributed by atoms with E-state index in [0.29, 0.717) is 12.1 Å². The van der Waals surface area contributed by atoms with Gasteiger partial charge in [0.1, 0.15) is 0 Å². The number of benzene rings is 1. The second kappa shape index (κ2) is 6.23. The SMILES string of the molecule is [B]C1(C)CCCC2NC(N(C)Oc3ccccc3)=NC2CC1. The van der Waals surface area contributed by atoms with Gasteiger partial charge in [0.15, 0.2) is 5.75 Å². The molecule has 3 rings (SSSR count). The number of rotatable bonds is 2. The summed E-state index contributed by atoms with van der Waals surface area (Å²) in [6.45, 7) is 2.16. The van der Waals surface area contributed by atoms with Gasteiger partial charge < -0.3 is 10.2 Å². The van der Waals surface area contributed by atoms with Crippen LogP contribution in [0.4, 0.5) is 0 Å². The molecule has 3 atom stereocenters. The average Bonchev–Trinajstić information content (AvgIpc) is 2.88. The lowest BCUT2D eigenvalue weighted by molar-refractivity contribution is 0.0437. The van der Waals surface area contributed by atoms with E-state index in [2.05, 4.69) is 12.2 Å². The first-order valence-corrected chi connectivity index (χ1v) is 8.13. The highest BCUT2D eigenvalue weighted by molar-refractivity contribution is 6.14. The van der Waals surface area contributed by atoms with Crippen molar-refractivity contribution in [1.29, 1.82) is 0 Å². The molecular formula is C17H24BN3O. The highest BCUT2D eigenvalue weighted by atomic mass is 16.7. The summed E-state index contributed by atoms with van der Waals surface area (Å²) in [5.74, 6) is 1.63. The fraction of sp³-hybridized carbons (Fsp3) is 0.588. The molecule has 1 aromatic rings. The van der Waals surface area contributed by atoms with Gasteiger partial charge in [0.25, 0.3) is 0 Å². The number of hydrogen-bond donors (Lipinski definition) is 1. The van der Waals surface area contributed by atoms with Gasteiger partial charge in [0.2, 0.25) is 5.96 Å². The number of hydroxylamine groups is 2. The third-order valence-corrected chi connectivity index (χ3v) is 4.63. The van der Waals surface area contributed by atoms with Crippen LogP contribution in [-0.4, -0.2) is 38.0 Å². The van der Waals surface area contributed by atoms with Crippen molar-refractivity contribution in [3.8, 4) is 5.75 Å². The van der Waals surface area contributed by atoms with Crippen LogP contribution in [0.25, 0.3) is 0 Å². The van der Waals surface area contributed by atoms with Gasteiger partial charge in [0, 0.05) is 7.05 Å². The smallest absolute Gasteiger partial charge is 0.228 e. The number of nitrogens with one attached hydrogen (secondary N) is 1. The lowest BCUT2D eigenvalue weighted by atomic mass is 9.63. The van der Waals surface area contributed by atoms with Crippen LogP contribution in [0.5, 0.6) is 5.75 Å². The second-order valence-corrected chi connectivity index (χ2v) is 6.76. The predicted molar refractivity (Wildman–Crippen MR) is 90.2 cm³/mol. The molecule has 0 amide bonds. The quantitative estimate of drug-likeness (QED) is 0.673. The van der Waals surface area contributed by atoms with Gasteiger partial charge in [-0.2, -0.15) is 5.06 Å². The molecule has 0 spiro atoms. The van der Waals surface area contributed by atoms with Crippen LogP contribution in [0.3, 0.4) is 0 Å². The summed E-state index contributed by atoms with van der Waals surface area (Å²) in [6.07, 6.45) is 5.41. The second-order valence-electron chi connectivity index (χ2n) is 6.76. The molecule has 22 heavy (non-hydrogen) atoms. The van der Waals surface area contributed by atoms with Crippen molar-refractivity contribution in [2.24, 2.45) is 4.99 Å². The minimum Gasteiger partial charge on any atom is -0.377 e. The maximum Gasteiger partial charge on any atom is 0.228 e. The highest BCUT2D eigenvalue weighted by Crippen LogP contribution is 2.38. The molecule has 3 unspecified atom stereocenters. The van der Waals surface area contributed by atoms with Crippen molar-refractivity contribution >= 4 is 13.8 Å². The number of fused-ring (bicyclic) bond motifs is 1. The first-order valence-electron chi connectivity index (χ1n) is 8.13. The van der Waals surface area contributed by atoms with Crippen molar-refractivity contribution in [3.05, 3.63) is 30.3 Å². The molecule has 1 heterocycles. The van der Waals surface area contributed by atoms with Gasteiger partial charge in [0.05, 0.1) is 19.9 Å². The van der Waals surface area contributed by atoms with Gasteiger partial charge in [-0.05, 0) is 25.0 Å². The molecule has 116 valence electrons. The van der Waals surface area contributed by atoms with Crippen LogP contribution in [0.2, 0.25) is 5.31 Å². The lowest BCUT2D eigenvalue weighted by Gasteiger charge is -2.31. The van der Waals surface area contributed by atoms with E-state index in [9.17, 15) is 0 Å². The summed E-state index contributed by atoms with van der Waals surface area (Å²) in [5.41, 5.74) is 0. The summed E-state index contributed by atoms with van der Waals surface area (Å²) in [4.78, 5) is 10.6.